The van der Waals surface area contributed by atoms with Crippen LogP contribution in [0, 0.1) is 5.92 Å². The molecule has 1 fully saturated rings. The molecule has 1 saturated carbocycles. The van der Waals surface area contributed by atoms with Crippen molar-refractivity contribution in [2.45, 2.75) is 45.4 Å². The highest BCUT2D eigenvalue weighted by Gasteiger charge is 2.30. The fourth-order valence-electron chi connectivity index (χ4n) is 3.70. The van der Waals surface area contributed by atoms with Gasteiger partial charge in [-0.3, -0.25) is 9.59 Å². The second-order valence-electron chi connectivity index (χ2n) is 8.66. The van der Waals surface area contributed by atoms with E-state index in [0.717, 1.165) is 5.92 Å². The normalized spacial score (nSPS) is 13.8. The van der Waals surface area contributed by atoms with Crippen LogP contribution in [0.2, 0.25) is 0 Å². The number of aliphatic carboxylic acids is 1. The lowest BCUT2D eigenvalue weighted by Crippen LogP contribution is -2.33. The van der Waals surface area contributed by atoms with Gasteiger partial charge in [0.1, 0.15) is 18.0 Å². The van der Waals surface area contributed by atoms with Crippen LogP contribution in [0.1, 0.15) is 39.0 Å². The molecule has 2 aromatic carbocycles. The van der Waals surface area contributed by atoms with Gasteiger partial charge in [0.25, 0.3) is 5.91 Å². The number of rotatable bonds is 8. The number of carboxylic acids is 1. The average Bonchev–Trinajstić information content (AvgIpc) is 3.24. The van der Waals surface area contributed by atoms with Crippen molar-refractivity contribution in [3.63, 3.8) is 0 Å². The SMILES string of the molecule is CC1CCCCC1.O=C(O)CNC(=O)COc1ccc2nc(Nc3ccc(OC(F)(F)F)cc3)[nH]c2c1. The van der Waals surface area contributed by atoms with Crippen LogP contribution in [-0.2, 0) is 9.59 Å². The Hall–Kier alpha value is -3.96. The predicted molar refractivity (Wildman–Crippen MR) is 131 cm³/mol. The van der Waals surface area contributed by atoms with Gasteiger partial charge < -0.3 is 30.2 Å². The number of hydrogen-bond acceptors (Lipinski definition) is 6. The minimum absolute atomic E-state index is 0.339. The summed E-state index contributed by atoms with van der Waals surface area (Å²) in [6.07, 6.45) is 2.68. The Bertz CT molecular complexity index is 1180. The number of benzene rings is 2. The highest BCUT2D eigenvalue weighted by atomic mass is 19.4. The van der Waals surface area contributed by atoms with Gasteiger partial charge in [-0.1, -0.05) is 39.0 Å². The summed E-state index contributed by atoms with van der Waals surface area (Å²) >= 11 is 0. The molecular formula is C25H29F3N4O5. The van der Waals surface area contributed by atoms with Gasteiger partial charge in [-0.05, 0) is 42.3 Å². The standard InChI is InChI=1S/C18H15F3N4O5.C7H14/c19-18(20,21)30-11-3-1-10(2-4-11)23-17-24-13-6-5-12(7-14(13)25-17)29-9-15(26)22-8-16(27)28;1-7-5-3-2-4-6-7/h1-7H,8-9H2,(H,22,26)(H,27,28)(H2,23,24,25);7H,2-6H2,1H3. The number of ether oxygens (including phenoxy) is 2. The van der Waals surface area contributed by atoms with Gasteiger partial charge in [0.15, 0.2) is 6.61 Å². The fourth-order valence-corrected chi connectivity index (χ4v) is 3.70. The molecule has 0 saturated heterocycles. The van der Waals surface area contributed by atoms with Gasteiger partial charge in [0, 0.05) is 11.8 Å². The van der Waals surface area contributed by atoms with Gasteiger partial charge >= 0.3 is 12.3 Å². The molecule has 1 aliphatic rings. The van der Waals surface area contributed by atoms with E-state index in [1.54, 1.807) is 18.2 Å². The lowest BCUT2D eigenvalue weighted by atomic mass is 9.91. The second kappa shape index (κ2) is 12.8. The Kier molecular flexibility index (Phi) is 9.58. The number of carboxylic acid groups (broad SMARTS) is 1. The van der Waals surface area contributed by atoms with E-state index < -0.39 is 24.8 Å². The highest BCUT2D eigenvalue weighted by molar-refractivity contribution is 5.83. The molecule has 1 amide bonds. The van der Waals surface area contributed by atoms with Crippen molar-refractivity contribution in [1.29, 1.82) is 0 Å². The number of H-pyrrole nitrogens is 1. The molecular weight excluding hydrogens is 493 g/mol. The van der Waals surface area contributed by atoms with Crippen molar-refractivity contribution in [1.82, 2.24) is 15.3 Å². The molecule has 12 heteroatoms. The molecule has 200 valence electrons. The van der Waals surface area contributed by atoms with Crippen LogP contribution in [0.25, 0.3) is 11.0 Å². The summed E-state index contributed by atoms with van der Waals surface area (Å²) in [6, 6.07) is 9.96. The van der Waals surface area contributed by atoms with Crippen molar-refractivity contribution < 1.29 is 37.3 Å². The molecule has 37 heavy (non-hydrogen) atoms. The van der Waals surface area contributed by atoms with Crippen LogP contribution in [-0.4, -0.2) is 46.5 Å². The number of anilines is 2. The Morgan fingerprint density at radius 3 is 2.35 bits per heavy atom. The predicted octanol–water partition coefficient (Wildman–Crippen LogP) is 5.37. The van der Waals surface area contributed by atoms with Crippen molar-refractivity contribution in [3.05, 3.63) is 42.5 Å². The molecule has 0 aliphatic heterocycles. The first-order chi connectivity index (χ1) is 17.6. The van der Waals surface area contributed by atoms with Gasteiger partial charge in [-0.15, -0.1) is 13.2 Å². The number of nitrogens with zero attached hydrogens (tertiary/aromatic N) is 1. The minimum atomic E-state index is -4.76. The first-order valence-electron chi connectivity index (χ1n) is 11.8. The molecule has 1 aromatic heterocycles. The van der Waals surface area contributed by atoms with Crippen LogP contribution >= 0.6 is 0 Å². The molecule has 0 bridgehead atoms. The lowest BCUT2D eigenvalue weighted by Gasteiger charge is -2.15. The third-order valence-electron chi connectivity index (χ3n) is 5.50. The van der Waals surface area contributed by atoms with E-state index in [9.17, 15) is 22.8 Å². The van der Waals surface area contributed by atoms with Crippen molar-refractivity contribution in [2.75, 3.05) is 18.5 Å². The van der Waals surface area contributed by atoms with Crippen LogP contribution in [0.3, 0.4) is 0 Å². The largest absolute Gasteiger partial charge is 0.573 e. The number of amides is 1. The summed E-state index contributed by atoms with van der Waals surface area (Å²) in [6.45, 7) is 1.50. The van der Waals surface area contributed by atoms with E-state index in [0.29, 0.717) is 28.4 Å². The van der Waals surface area contributed by atoms with Crippen molar-refractivity contribution in [3.8, 4) is 11.5 Å². The number of aromatic amines is 1. The molecule has 9 nitrogen and oxygen atoms in total. The molecule has 0 atom stereocenters. The molecule has 1 aliphatic carbocycles. The maximum absolute atomic E-state index is 12.2. The fraction of sp³-hybridized carbons (Fsp3) is 0.400. The third kappa shape index (κ3) is 9.90. The maximum Gasteiger partial charge on any atom is 0.573 e. The summed E-state index contributed by atoms with van der Waals surface area (Å²) in [4.78, 5) is 29.2. The Labute approximate surface area is 211 Å². The van der Waals surface area contributed by atoms with Crippen LogP contribution in [0.5, 0.6) is 11.5 Å². The summed E-state index contributed by atoms with van der Waals surface area (Å²) < 4.78 is 45.7. The number of carbonyl (C=O) groups excluding carboxylic acids is 1. The molecule has 4 N–H and O–H groups in total. The average molecular weight is 523 g/mol. The van der Waals surface area contributed by atoms with Crippen LogP contribution in [0.4, 0.5) is 24.8 Å². The Balaban J connectivity index is 0.000000468. The lowest BCUT2D eigenvalue weighted by molar-refractivity contribution is -0.274. The summed E-state index contributed by atoms with van der Waals surface area (Å²) in [5.41, 5.74) is 1.64. The summed E-state index contributed by atoms with van der Waals surface area (Å²) in [5.74, 6) is -0.351. The third-order valence-corrected chi connectivity index (χ3v) is 5.50. The topological polar surface area (TPSA) is 126 Å². The quantitative estimate of drug-likeness (QED) is 0.313. The molecule has 0 radical (unpaired) electrons. The second-order valence-corrected chi connectivity index (χ2v) is 8.66. The number of fused-ring (bicyclic) bond motifs is 1. The van der Waals surface area contributed by atoms with E-state index in [-0.39, 0.29) is 12.4 Å². The zero-order chi connectivity index (χ0) is 26.8. The zero-order valence-electron chi connectivity index (χ0n) is 20.2. The Morgan fingerprint density at radius 1 is 1.08 bits per heavy atom. The van der Waals surface area contributed by atoms with Gasteiger partial charge in [0.05, 0.1) is 11.0 Å². The summed E-state index contributed by atoms with van der Waals surface area (Å²) in [7, 11) is 0. The van der Waals surface area contributed by atoms with E-state index in [1.165, 1.54) is 56.4 Å². The molecule has 3 aromatic rings. The van der Waals surface area contributed by atoms with Gasteiger partial charge in [0.2, 0.25) is 5.95 Å². The molecule has 0 unspecified atom stereocenters. The van der Waals surface area contributed by atoms with Gasteiger partial charge in [-0.25, -0.2) is 4.98 Å². The number of aromatic nitrogens is 2. The Morgan fingerprint density at radius 2 is 1.76 bits per heavy atom. The van der Waals surface area contributed by atoms with E-state index >= 15 is 0 Å². The number of halogens is 3. The zero-order valence-corrected chi connectivity index (χ0v) is 20.2. The number of alkyl halides is 3. The van der Waals surface area contributed by atoms with Crippen LogP contribution < -0.4 is 20.1 Å². The first kappa shape index (κ1) is 27.6. The number of imidazole rings is 1. The summed E-state index contributed by atoms with van der Waals surface area (Å²) in [5, 5.41) is 13.6. The van der Waals surface area contributed by atoms with E-state index in [1.807, 2.05) is 0 Å². The van der Waals surface area contributed by atoms with E-state index in [2.05, 4.69) is 32.3 Å². The van der Waals surface area contributed by atoms with Gasteiger partial charge in [-0.2, -0.15) is 0 Å². The van der Waals surface area contributed by atoms with Crippen LogP contribution in [0.15, 0.2) is 42.5 Å². The first-order valence-corrected chi connectivity index (χ1v) is 11.8. The monoisotopic (exact) mass is 522 g/mol. The smallest absolute Gasteiger partial charge is 0.484 e. The minimum Gasteiger partial charge on any atom is -0.484 e. The number of carbonyl (C=O) groups is 2. The highest BCUT2D eigenvalue weighted by Crippen LogP contribution is 2.26. The van der Waals surface area contributed by atoms with E-state index in [4.69, 9.17) is 9.84 Å². The molecule has 0 spiro atoms. The van der Waals surface area contributed by atoms with Crippen molar-refractivity contribution in [2.24, 2.45) is 5.92 Å². The maximum atomic E-state index is 12.2. The molecule has 1 heterocycles. The molecule has 4 rings (SSSR count). The number of hydrogen-bond donors (Lipinski definition) is 4. The van der Waals surface area contributed by atoms with Crippen molar-refractivity contribution >= 4 is 34.5 Å². The number of nitrogens with one attached hydrogen (secondary N) is 3.